The van der Waals surface area contributed by atoms with Crippen LogP contribution < -0.4 is 15.4 Å². The molecular formula is C19H13Cl2F7N4O2. The van der Waals surface area contributed by atoms with E-state index in [4.69, 9.17) is 27.9 Å². The Morgan fingerprint density at radius 3 is 2.26 bits per heavy atom. The van der Waals surface area contributed by atoms with Crippen LogP contribution in [-0.2, 0) is 0 Å². The molecule has 0 saturated carbocycles. The van der Waals surface area contributed by atoms with E-state index < -0.39 is 36.0 Å². The highest BCUT2D eigenvalue weighted by Gasteiger charge is 2.72. The maximum Gasteiger partial charge on any atom is 0.459 e. The number of hydrogen-bond donors (Lipinski definition) is 3. The Hall–Kier alpha value is -2.93. The zero-order valence-corrected chi connectivity index (χ0v) is 18.3. The number of anilines is 2. The van der Waals surface area contributed by atoms with Crippen molar-refractivity contribution in [1.82, 2.24) is 15.3 Å². The summed E-state index contributed by atoms with van der Waals surface area (Å²) in [6.07, 6.45) is -6.51. The van der Waals surface area contributed by atoms with Gasteiger partial charge in [-0.25, -0.2) is 4.98 Å². The highest BCUT2D eigenvalue weighted by atomic mass is 35.5. The van der Waals surface area contributed by atoms with Crippen LogP contribution in [0.3, 0.4) is 0 Å². The van der Waals surface area contributed by atoms with E-state index in [0.29, 0.717) is 11.2 Å². The first kappa shape index (κ1) is 25.7. The highest BCUT2D eigenvalue weighted by molar-refractivity contribution is 6.39. The zero-order valence-electron chi connectivity index (χ0n) is 16.8. The number of imidazole rings is 1. The number of carbonyl (C=O) groups is 1. The first-order valence-corrected chi connectivity index (χ1v) is 9.83. The number of rotatable bonds is 7. The van der Waals surface area contributed by atoms with Crippen LogP contribution in [0.15, 0.2) is 30.3 Å². The first-order chi connectivity index (χ1) is 15.7. The van der Waals surface area contributed by atoms with Gasteiger partial charge in [0.2, 0.25) is 5.95 Å². The molecule has 0 atom stereocenters. The van der Waals surface area contributed by atoms with Gasteiger partial charge in [0.15, 0.2) is 0 Å². The minimum Gasteiger partial charge on any atom is -0.496 e. The molecule has 0 bridgehead atoms. The van der Waals surface area contributed by atoms with E-state index in [9.17, 15) is 35.5 Å². The summed E-state index contributed by atoms with van der Waals surface area (Å²) in [6, 6.07) is 7.04. The predicted octanol–water partition coefficient (Wildman–Crippen LogP) is 6.18. The van der Waals surface area contributed by atoms with Crippen molar-refractivity contribution in [3.8, 4) is 5.75 Å². The quantitative estimate of drug-likeness (QED) is 0.317. The molecule has 0 fully saturated rings. The summed E-state index contributed by atoms with van der Waals surface area (Å²) in [5.41, 5.74) is 0.273. The van der Waals surface area contributed by atoms with Gasteiger partial charge < -0.3 is 20.4 Å². The zero-order chi connectivity index (χ0) is 25.5. The Kier molecular flexibility index (Phi) is 6.82. The maximum atomic E-state index is 13.5. The van der Waals surface area contributed by atoms with E-state index in [1.54, 1.807) is 18.2 Å². The summed E-state index contributed by atoms with van der Waals surface area (Å²) >= 11 is 12.2. The van der Waals surface area contributed by atoms with Gasteiger partial charge in [0.1, 0.15) is 5.75 Å². The van der Waals surface area contributed by atoms with E-state index in [2.05, 4.69) is 15.3 Å². The van der Waals surface area contributed by atoms with Gasteiger partial charge in [-0.05, 0) is 18.2 Å². The molecule has 1 heterocycles. The SMILES string of the molecule is COc1cc2[nH]c(Nc3c(Cl)cccc3Cl)nc2cc1C(=O)NCC(F)(F)C(F)(F)C(F)(F)F. The molecule has 0 aliphatic carbocycles. The van der Waals surface area contributed by atoms with Crippen molar-refractivity contribution >= 4 is 51.8 Å². The lowest BCUT2D eigenvalue weighted by molar-refractivity contribution is -0.352. The minimum atomic E-state index is -6.51. The predicted molar refractivity (Wildman–Crippen MR) is 111 cm³/mol. The van der Waals surface area contributed by atoms with E-state index >= 15 is 0 Å². The van der Waals surface area contributed by atoms with Crippen molar-refractivity contribution in [3.63, 3.8) is 0 Å². The van der Waals surface area contributed by atoms with Crippen LogP contribution >= 0.6 is 23.2 Å². The van der Waals surface area contributed by atoms with Crippen molar-refractivity contribution in [2.45, 2.75) is 18.0 Å². The molecule has 6 nitrogen and oxygen atoms in total. The van der Waals surface area contributed by atoms with Crippen molar-refractivity contribution in [1.29, 1.82) is 0 Å². The number of aromatic nitrogens is 2. The fraction of sp³-hybridized carbons (Fsp3) is 0.263. The van der Waals surface area contributed by atoms with Gasteiger partial charge in [0, 0.05) is 6.07 Å². The molecule has 3 N–H and O–H groups in total. The molecule has 2 aromatic carbocycles. The third kappa shape index (κ3) is 4.80. The average Bonchev–Trinajstić information content (AvgIpc) is 3.14. The summed E-state index contributed by atoms with van der Waals surface area (Å²) in [5.74, 6) is -13.4. The van der Waals surface area contributed by atoms with Gasteiger partial charge in [-0.1, -0.05) is 29.3 Å². The number of nitrogens with zero attached hydrogens (tertiary/aromatic N) is 1. The summed E-state index contributed by atoms with van der Waals surface area (Å²) in [5, 5.41) is 4.74. The Labute approximate surface area is 196 Å². The van der Waals surface area contributed by atoms with E-state index in [1.807, 2.05) is 0 Å². The molecule has 0 spiro atoms. The molecule has 1 aromatic heterocycles. The van der Waals surface area contributed by atoms with E-state index in [0.717, 1.165) is 13.2 Å². The molecule has 0 aliphatic heterocycles. The largest absolute Gasteiger partial charge is 0.496 e. The van der Waals surface area contributed by atoms with Crippen molar-refractivity contribution in [2.75, 3.05) is 19.0 Å². The molecule has 0 radical (unpaired) electrons. The number of alkyl halides is 7. The molecule has 34 heavy (non-hydrogen) atoms. The van der Waals surface area contributed by atoms with Crippen molar-refractivity contribution < 1.29 is 40.3 Å². The number of halogens is 9. The standard InChI is InChI=1S/C19H13Cl2F7N4O2/c1-34-13-6-12-11(30-16(31-12)32-14-9(20)3-2-4-10(14)21)5-8(13)15(33)29-7-17(22,23)18(24,25)19(26,27)28/h2-6H,7H2,1H3,(H,29,33)(H2,30,31,32). The summed E-state index contributed by atoms with van der Waals surface area (Å²) < 4.78 is 95.0. The molecule has 15 heteroatoms. The van der Waals surface area contributed by atoms with E-state index in [1.165, 1.54) is 11.4 Å². The fourth-order valence-electron chi connectivity index (χ4n) is 2.78. The normalized spacial score (nSPS) is 12.6. The van der Waals surface area contributed by atoms with Crippen molar-refractivity contribution in [2.24, 2.45) is 0 Å². The third-order valence-electron chi connectivity index (χ3n) is 4.54. The number of nitrogens with one attached hydrogen (secondary N) is 3. The lowest BCUT2D eigenvalue weighted by Gasteiger charge is -2.28. The van der Waals surface area contributed by atoms with Gasteiger partial charge in [0.25, 0.3) is 5.91 Å². The Morgan fingerprint density at radius 2 is 1.71 bits per heavy atom. The summed E-state index contributed by atoms with van der Waals surface area (Å²) in [7, 11) is 1.13. The molecule has 3 aromatic rings. The number of fused-ring (bicyclic) bond motifs is 1. The summed E-state index contributed by atoms with van der Waals surface area (Å²) in [6.45, 7) is -2.28. The van der Waals surface area contributed by atoms with Crippen LogP contribution in [0.2, 0.25) is 10.0 Å². The van der Waals surface area contributed by atoms with Crippen LogP contribution in [0.4, 0.5) is 42.4 Å². The number of amides is 1. The lowest BCUT2D eigenvalue weighted by atomic mass is 10.1. The Morgan fingerprint density at radius 1 is 1.09 bits per heavy atom. The average molecular weight is 533 g/mol. The number of H-pyrrole nitrogens is 1. The number of methoxy groups -OCH3 is 1. The Bertz CT molecular complexity index is 1210. The first-order valence-electron chi connectivity index (χ1n) is 9.07. The fourth-order valence-corrected chi connectivity index (χ4v) is 3.27. The number of ether oxygens (including phenoxy) is 1. The van der Waals surface area contributed by atoms with Crippen LogP contribution in [0.1, 0.15) is 10.4 Å². The van der Waals surface area contributed by atoms with Gasteiger partial charge in [-0.2, -0.15) is 30.7 Å². The molecule has 0 unspecified atom stereocenters. The van der Waals surface area contributed by atoms with Crippen LogP contribution in [0.25, 0.3) is 11.0 Å². The number of carbonyl (C=O) groups excluding carboxylic acids is 1. The molecule has 0 aliphatic rings. The van der Waals surface area contributed by atoms with Gasteiger partial charge >= 0.3 is 18.0 Å². The minimum absolute atomic E-state index is 0.101. The number of para-hydroxylation sites is 1. The smallest absolute Gasteiger partial charge is 0.459 e. The van der Waals surface area contributed by atoms with Gasteiger partial charge in [-0.3, -0.25) is 4.79 Å². The molecule has 3 rings (SSSR count). The van der Waals surface area contributed by atoms with Crippen molar-refractivity contribution in [3.05, 3.63) is 45.9 Å². The number of benzene rings is 2. The highest BCUT2D eigenvalue weighted by Crippen LogP contribution is 2.46. The number of aromatic amines is 1. The summed E-state index contributed by atoms with van der Waals surface area (Å²) in [4.78, 5) is 19.3. The van der Waals surface area contributed by atoms with Crippen LogP contribution in [0, 0.1) is 0 Å². The Balaban J connectivity index is 1.87. The van der Waals surface area contributed by atoms with Gasteiger partial charge in [-0.15, -0.1) is 0 Å². The third-order valence-corrected chi connectivity index (χ3v) is 5.17. The van der Waals surface area contributed by atoms with Crippen LogP contribution in [0.5, 0.6) is 5.75 Å². The second-order valence-corrected chi connectivity index (χ2v) is 7.65. The topological polar surface area (TPSA) is 79.0 Å². The second kappa shape index (κ2) is 9.02. The molecule has 1 amide bonds. The van der Waals surface area contributed by atoms with E-state index in [-0.39, 0.29) is 27.3 Å². The lowest BCUT2D eigenvalue weighted by Crippen LogP contribution is -2.56. The monoisotopic (exact) mass is 532 g/mol. The van der Waals surface area contributed by atoms with Crippen LogP contribution in [-0.4, -0.2) is 47.6 Å². The number of hydrogen-bond acceptors (Lipinski definition) is 4. The molecular weight excluding hydrogens is 520 g/mol. The molecule has 184 valence electrons. The molecule has 0 saturated heterocycles. The second-order valence-electron chi connectivity index (χ2n) is 6.84. The maximum absolute atomic E-state index is 13.5. The van der Waals surface area contributed by atoms with Gasteiger partial charge in [0.05, 0.1) is 46.0 Å².